The monoisotopic (exact) mass is 458 g/mol. The minimum absolute atomic E-state index is 0.0887. The number of alkyl halides is 7. The third-order valence-corrected chi connectivity index (χ3v) is 4.25. The van der Waals surface area contributed by atoms with Gasteiger partial charge in [-0.2, -0.15) is 30.7 Å². The topological polar surface area (TPSA) is 54.9 Å². The van der Waals surface area contributed by atoms with Crippen LogP contribution in [-0.4, -0.2) is 21.6 Å². The van der Waals surface area contributed by atoms with E-state index in [-0.39, 0.29) is 20.7 Å². The minimum atomic E-state index is -6.65. The van der Waals surface area contributed by atoms with E-state index in [0.29, 0.717) is 0 Å². The Morgan fingerprint density at radius 3 is 1.93 bits per heavy atom. The van der Waals surface area contributed by atoms with Crippen LogP contribution in [0, 0.1) is 0 Å². The standard InChI is InChI=1S/C13H4Cl3F7N2O2/c14-4-1-5(15)9(16)6(2-4)25-8(26)3-7(24-10(25)27)11(17,18)12(19,20)13(21,22)23/h1-3H,(H,24,27). The largest absolute Gasteiger partial charge is 0.460 e. The van der Waals surface area contributed by atoms with E-state index >= 15 is 0 Å². The molecule has 1 N–H and O–H groups in total. The fraction of sp³-hybridized carbons (Fsp3) is 0.231. The van der Waals surface area contributed by atoms with Crippen LogP contribution >= 0.6 is 34.8 Å². The smallest absolute Gasteiger partial charge is 0.305 e. The van der Waals surface area contributed by atoms with Crippen molar-refractivity contribution in [2.45, 2.75) is 18.0 Å². The Kier molecular flexibility index (Phi) is 5.36. The number of rotatable bonds is 3. The van der Waals surface area contributed by atoms with Gasteiger partial charge in [0.25, 0.3) is 5.56 Å². The van der Waals surface area contributed by atoms with Crippen molar-refractivity contribution in [3.63, 3.8) is 0 Å². The van der Waals surface area contributed by atoms with Crippen molar-refractivity contribution in [3.8, 4) is 5.69 Å². The third-order valence-electron chi connectivity index (χ3n) is 3.24. The number of benzene rings is 1. The van der Waals surface area contributed by atoms with E-state index in [1.54, 1.807) is 0 Å². The Balaban J connectivity index is 2.74. The predicted molar refractivity (Wildman–Crippen MR) is 82.6 cm³/mol. The van der Waals surface area contributed by atoms with Crippen molar-refractivity contribution in [2.24, 2.45) is 0 Å². The molecule has 0 aliphatic carbocycles. The van der Waals surface area contributed by atoms with Crippen LogP contribution in [0.25, 0.3) is 5.69 Å². The molecule has 1 aromatic heterocycles. The summed E-state index contributed by atoms with van der Waals surface area (Å²) < 4.78 is 90.4. The summed E-state index contributed by atoms with van der Waals surface area (Å²) in [6.07, 6.45) is -6.65. The van der Waals surface area contributed by atoms with Crippen LogP contribution in [0.3, 0.4) is 0 Å². The zero-order chi connectivity index (χ0) is 20.9. The summed E-state index contributed by atoms with van der Waals surface area (Å²) in [6.45, 7) is 0. The molecule has 0 saturated carbocycles. The lowest BCUT2D eigenvalue weighted by molar-refractivity contribution is -0.360. The van der Waals surface area contributed by atoms with Crippen LogP contribution in [0.15, 0.2) is 27.8 Å². The van der Waals surface area contributed by atoms with Gasteiger partial charge >= 0.3 is 23.7 Å². The molecule has 0 unspecified atom stereocenters. The molecule has 0 atom stereocenters. The van der Waals surface area contributed by atoms with Crippen LogP contribution in [-0.2, 0) is 5.92 Å². The lowest BCUT2D eigenvalue weighted by Crippen LogP contribution is -2.51. The van der Waals surface area contributed by atoms with Crippen molar-refractivity contribution >= 4 is 34.8 Å². The van der Waals surface area contributed by atoms with E-state index in [1.165, 1.54) is 0 Å². The summed E-state index contributed by atoms with van der Waals surface area (Å²) in [5, 5.41) is -0.805. The SMILES string of the molecule is O=c1cc(C(F)(F)C(F)(F)C(F)(F)F)[nH]c(=O)n1-c1cc(Cl)cc(Cl)c1Cl. The van der Waals surface area contributed by atoms with Crippen LogP contribution in [0.4, 0.5) is 30.7 Å². The van der Waals surface area contributed by atoms with Gasteiger partial charge in [0.15, 0.2) is 0 Å². The van der Waals surface area contributed by atoms with Gasteiger partial charge in [0.1, 0.15) is 5.69 Å². The van der Waals surface area contributed by atoms with Gasteiger partial charge in [0.2, 0.25) is 0 Å². The van der Waals surface area contributed by atoms with E-state index in [2.05, 4.69) is 0 Å². The summed E-state index contributed by atoms with van der Waals surface area (Å²) >= 11 is 17.2. The molecule has 14 heteroatoms. The van der Waals surface area contributed by atoms with E-state index < -0.39 is 45.7 Å². The van der Waals surface area contributed by atoms with Gasteiger partial charge in [-0.15, -0.1) is 0 Å². The first-order chi connectivity index (χ1) is 12.1. The quantitative estimate of drug-likeness (QED) is 0.531. The number of aromatic nitrogens is 2. The number of halogens is 10. The van der Waals surface area contributed by atoms with Gasteiger partial charge in [0.05, 0.1) is 15.7 Å². The summed E-state index contributed by atoms with van der Waals surface area (Å²) in [4.78, 5) is 25.1. The maximum Gasteiger partial charge on any atom is 0.460 e. The van der Waals surface area contributed by atoms with Crippen LogP contribution in [0.5, 0.6) is 0 Å². The van der Waals surface area contributed by atoms with Crippen molar-refractivity contribution in [2.75, 3.05) is 0 Å². The van der Waals surface area contributed by atoms with Gasteiger partial charge in [-0.1, -0.05) is 34.8 Å². The molecule has 148 valence electrons. The molecule has 27 heavy (non-hydrogen) atoms. The maximum absolute atomic E-state index is 13.7. The van der Waals surface area contributed by atoms with Crippen molar-refractivity contribution < 1.29 is 30.7 Å². The highest BCUT2D eigenvalue weighted by molar-refractivity contribution is 6.44. The minimum Gasteiger partial charge on any atom is -0.305 e. The maximum atomic E-state index is 13.7. The molecule has 0 amide bonds. The number of nitrogens with zero attached hydrogens (tertiary/aromatic N) is 1. The van der Waals surface area contributed by atoms with Gasteiger partial charge < -0.3 is 4.98 Å². The number of hydrogen-bond donors (Lipinski definition) is 1. The van der Waals surface area contributed by atoms with Crippen molar-refractivity contribution in [1.29, 1.82) is 0 Å². The zero-order valence-electron chi connectivity index (χ0n) is 12.3. The Hall–Kier alpha value is -1.72. The lowest BCUT2D eigenvalue weighted by atomic mass is 10.1. The first-order valence-corrected chi connectivity index (χ1v) is 7.58. The molecule has 0 radical (unpaired) electrons. The molecule has 0 aliphatic heterocycles. The van der Waals surface area contributed by atoms with Crippen LogP contribution in [0.2, 0.25) is 15.1 Å². The summed E-state index contributed by atoms with van der Waals surface area (Å²) in [7, 11) is 0. The van der Waals surface area contributed by atoms with Crippen molar-refractivity contribution in [3.05, 3.63) is 59.8 Å². The molecule has 0 fully saturated rings. The highest BCUT2D eigenvalue weighted by Gasteiger charge is 2.74. The fourth-order valence-electron chi connectivity index (χ4n) is 1.94. The van der Waals surface area contributed by atoms with E-state index in [0.717, 1.165) is 17.1 Å². The van der Waals surface area contributed by atoms with E-state index in [1.807, 2.05) is 0 Å². The van der Waals surface area contributed by atoms with Crippen LogP contribution < -0.4 is 11.2 Å². The molecule has 1 aromatic carbocycles. The number of hydrogen-bond acceptors (Lipinski definition) is 2. The molecule has 0 aliphatic rings. The van der Waals surface area contributed by atoms with Gasteiger partial charge in [-0.3, -0.25) is 4.79 Å². The second kappa shape index (κ2) is 6.71. The molecular formula is C13H4Cl3F7N2O2. The third kappa shape index (κ3) is 3.55. The molecule has 0 saturated heterocycles. The highest BCUT2D eigenvalue weighted by atomic mass is 35.5. The molecule has 0 bridgehead atoms. The summed E-state index contributed by atoms with van der Waals surface area (Å²) in [6, 6.07) is 1.75. The van der Waals surface area contributed by atoms with Gasteiger partial charge in [-0.25, -0.2) is 9.36 Å². The summed E-state index contributed by atoms with van der Waals surface area (Å²) in [5.41, 5.74) is -6.18. The fourth-order valence-corrected chi connectivity index (χ4v) is 2.62. The average molecular weight is 460 g/mol. The molecular weight excluding hydrogens is 456 g/mol. The van der Waals surface area contributed by atoms with E-state index in [4.69, 9.17) is 34.8 Å². The average Bonchev–Trinajstić information content (AvgIpc) is 2.49. The number of nitrogens with one attached hydrogen (secondary N) is 1. The predicted octanol–water partition coefficient (Wildman–Crippen LogP) is 4.78. The van der Waals surface area contributed by atoms with Gasteiger partial charge in [0, 0.05) is 11.1 Å². The summed E-state index contributed by atoms with van der Waals surface area (Å²) in [5.74, 6) is -12.5. The zero-order valence-corrected chi connectivity index (χ0v) is 14.5. The second-order valence-corrected chi connectivity index (χ2v) is 6.25. The normalized spacial score (nSPS) is 13.1. The second-order valence-electron chi connectivity index (χ2n) is 5.03. The first-order valence-electron chi connectivity index (χ1n) is 6.45. The highest BCUT2D eigenvalue weighted by Crippen LogP contribution is 2.50. The van der Waals surface area contributed by atoms with Gasteiger partial charge in [-0.05, 0) is 12.1 Å². The molecule has 4 nitrogen and oxygen atoms in total. The number of aromatic amines is 1. The van der Waals surface area contributed by atoms with E-state index in [9.17, 15) is 40.3 Å². The Morgan fingerprint density at radius 2 is 1.44 bits per heavy atom. The molecule has 2 aromatic rings. The molecule has 0 spiro atoms. The molecule has 2 rings (SSSR count). The Bertz CT molecular complexity index is 983. The molecule has 1 heterocycles. The van der Waals surface area contributed by atoms with Crippen LogP contribution in [0.1, 0.15) is 5.69 Å². The Morgan fingerprint density at radius 1 is 0.889 bits per heavy atom. The number of H-pyrrole nitrogens is 1. The first kappa shape index (κ1) is 21.6. The lowest BCUT2D eigenvalue weighted by Gasteiger charge is -2.27. The van der Waals surface area contributed by atoms with Crippen molar-refractivity contribution in [1.82, 2.24) is 9.55 Å². The Labute approximate surface area is 159 Å².